The highest BCUT2D eigenvalue weighted by atomic mass is 19.4. The molecule has 26 heavy (non-hydrogen) atoms. The van der Waals surface area contributed by atoms with Crippen LogP contribution in [0.15, 0.2) is 24.3 Å². The second-order valence-corrected chi connectivity index (χ2v) is 6.51. The summed E-state index contributed by atoms with van der Waals surface area (Å²) in [5, 5.41) is 13.1. The smallest absolute Gasteiger partial charge is 0.416 e. The van der Waals surface area contributed by atoms with Crippen molar-refractivity contribution in [1.29, 1.82) is 0 Å². The van der Waals surface area contributed by atoms with Gasteiger partial charge in [0.1, 0.15) is 5.66 Å². The molecule has 6 nitrogen and oxygen atoms in total. The van der Waals surface area contributed by atoms with Crippen LogP contribution in [0.2, 0.25) is 0 Å². The molecule has 2 fully saturated rings. The zero-order valence-corrected chi connectivity index (χ0v) is 14.4. The van der Waals surface area contributed by atoms with Crippen molar-refractivity contribution in [2.75, 3.05) is 39.4 Å². The van der Waals surface area contributed by atoms with E-state index in [9.17, 15) is 23.1 Å². The number of nitrogens with one attached hydrogen (secondary N) is 1. The number of ether oxygens (including phenoxy) is 1. The van der Waals surface area contributed by atoms with Gasteiger partial charge in [0.25, 0.3) is 0 Å². The number of hydrogen-bond acceptors (Lipinski definition) is 4. The monoisotopic (exact) mass is 373 g/mol. The third-order valence-electron chi connectivity index (χ3n) is 5.16. The number of nitrogens with zero attached hydrogens (tertiary/aromatic N) is 2. The Morgan fingerprint density at radius 1 is 1.23 bits per heavy atom. The van der Waals surface area contributed by atoms with Crippen LogP contribution in [0.3, 0.4) is 0 Å². The number of carboxylic acid groups (broad SMARTS) is 1. The lowest BCUT2D eigenvalue weighted by Crippen LogP contribution is -2.73. The quantitative estimate of drug-likeness (QED) is 0.832. The first-order valence-electron chi connectivity index (χ1n) is 8.52. The Kier molecular flexibility index (Phi) is 5.14. The van der Waals surface area contributed by atoms with Gasteiger partial charge in [-0.3, -0.25) is 9.80 Å². The Hall–Kier alpha value is -1.84. The number of halogens is 3. The summed E-state index contributed by atoms with van der Waals surface area (Å²) in [5.41, 5.74) is -1.32. The minimum absolute atomic E-state index is 0.248. The maximum absolute atomic E-state index is 12.9. The molecule has 0 saturated carbocycles. The number of hydrogen-bond donors (Lipinski definition) is 2. The topological polar surface area (TPSA) is 65.0 Å². The van der Waals surface area contributed by atoms with Gasteiger partial charge in [-0.25, -0.2) is 4.79 Å². The van der Waals surface area contributed by atoms with Crippen LogP contribution in [-0.2, 0) is 16.6 Å². The third-order valence-corrected chi connectivity index (χ3v) is 5.16. The van der Waals surface area contributed by atoms with Gasteiger partial charge in [0.2, 0.25) is 0 Å². The molecule has 0 aliphatic carbocycles. The van der Waals surface area contributed by atoms with Gasteiger partial charge in [-0.2, -0.15) is 13.2 Å². The molecule has 2 aliphatic heterocycles. The van der Waals surface area contributed by atoms with Crippen molar-refractivity contribution in [3.63, 3.8) is 0 Å². The molecule has 2 aliphatic rings. The molecule has 1 aromatic rings. The van der Waals surface area contributed by atoms with Crippen molar-refractivity contribution in [2.24, 2.45) is 0 Å². The predicted octanol–water partition coefficient (Wildman–Crippen LogP) is 2.16. The molecule has 2 saturated heterocycles. The average Bonchev–Trinajstić information content (AvgIpc) is 2.61. The van der Waals surface area contributed by atoms with Crippen molar-refractivity contribution in [1.82, 2.24) is 15.1 Å². The van der Waals surface area contributed by atoms with E-state index in [1.807, 2.05) is 11.8 Å². The normalized spacial score (nSPS) is 28.2. The van der Waals surface area contributed by atoms with Crippen molar-refractivity contribution < 1.29 is 27.8 Å². The predicted molar refractivity (Wildman–Crippen MR) is 87.7 cm³/mol. The Labute approximate surface area is 149 Å². The van der Waals surface area contributed by atoms with Crippen LogP contribution >= 0.6 is 0 Å². The minimum Gasteiger partial charge on any atom is -0.465 e. The average molecular weight is 373 g/mol. The highest BCUT2D eigenvalue weighted by Gasteiger charge is 2.52. The third kappa shape index (κ3) is 3.15. The fourth-order valence-electron chi connectivity index (χ4n) is 4.02. The molecule has 0 radical (unpaired) electrons. The second kappa shape index (κ2) is 7.05. The summed E-state index contributed by atoms with van der Waals surface area (Å²) in [4.78, 5) is 15.3. The molecule has 2 atom stereocenters. The molecule has 2 heterocycles. The van der Waals surface area contributed by atoms with E-state index in [-0.39, 0.29) is 12.6 Å². The van der Waals surface area contributed by atoms with Gasteiger partial charge in [0.05, 0.1) is 18.8 Å². The van der Waals surface area contributed by atoms with E-state index in [0.29, 0.717) is 38.4 Å². The lowest BCUT2D eigenvalue weighted by molar-refractivity contribution is -0.138. The lowest BCUT2D eigenvalue weighted by atomic mass is 9.85. The van der Waals surface area contributed by atoms with Gasteiger partial charge in [0, 0.05) is 32.2 Å². The first-order valence-corrected chi connectivity index (χ1v) is 8.52. The summed E-state index contributed by atoms with van der Waals surface area (Å²) >= 11 is 0. The molecule has 144 valence electrons. The number of alkyl halides is 3. The van der Waals surface area contributed by atoms with Gasteiger partial charge in [-0.1, -0.05) is 12.1 Å². The van der Waals surface area contributed by atoms with Crippen LogP contribution in [0, 0.1) is 0 Å². The summed E-state index contributed by atoms with van der Waals surface area (Å²) in [5.74, 6) is 0. The lowest BCUT2D eigenvalue weighted by Gasteiger charge is -2.56. The zero-order chi connectivity index (χ0) is 18.9. The van der Waals surface area contributed by atoms with Crippen LogP contribution in [0.1, 0.15) is 18.1 Å². The van der Waals surface area contributed by atoms with E-state index < -0.39 is 23.5 Å². The summed E-state index contributed by atoms with van der Waals surface area (Å²) in [6, 6.07) is 4.50. The second-order valence-electron chi connectivity index (χ2n) is 6.51. The van der Waals surface area contributed by atoms with E-state index >= 15 is 0 Å². The first-order chi connectivity index (χ1) is 12.3. The van der Waals surface area contributed by atoms with Crippen LogP contribution < -0.4 is 5.32 Å². The van der Waals surface area contributed by atoms with Gasteiger partial charge >= 0.3 is 12.3 Å². The molecule has 9 heteroatoms. The van der Waals surface area contributed by atoms with Gasteiger partial charge in [-0.05, 0) is 24.6 Å². The van der Waals surface area contributed by atoms with Crippen molar-refractivity contribution in [3.05, 3.63) is 35.4 Å². The molecule has 0 spiro atoms. The van der Waals surface area contributed by atoms with Crippen LogP contribution in [0.5, 0.6) is 0 Å². The van der Waals surface area contributed by atoms with Crippen LogP contribution in [-0.4, -0.2) is 66.4 Å². The van der Waals surface area contributed by atoms with E-state index in [1.54, 1.807) is 0 Å². The van der Waals surface area contributed by atoms with Gasteiger partial charge in [-0.15, -0.1) is 0 Å². The van der Waals surface area contributed by atoms with Crippen LogP contribution in [0.4, 0.5) is 18.0 Å². The summed E-state index contributed by atoms with van der Waals surface area (Å²) in [6.07, 6.45) is -5.53. The Bertz CT molecular complexity index is 647. The SMILES string of the molecule is CC1NCCN(C(=O)O)C1(c1ccc(C(F)(F)F)cc1)N1CCOCC1. The van der Waals surface area contributed by atoms with E-state index in [4.69, 9.17) is 4.74 Å². The number of benzene rings is 1. The highest BCUT2D eigenvalue weighted by Crippen LogP contribution is 2.40. The maximum Gasteiger partial charge on any atom is 0.416 e. The molecular formula is C17H22F3N3O3. The van der Waals surface area contributed by atoms with Crippen molar-refractivity contribution >= 4 is 6.09 Å². The number of amides is 1. The van der Waals surface area contributed by atoms with Crippen LogP contribution in [0.25, 0.3) is 0 Å². The minimum atomic E-state index is -4.44. The molecule has 2 N–H and O–H groups in total. The van der Waals surface area contributed by atoms with Gasteiger partial charge < -0.3 is 15.2 Å². The molecule has 0 bridgehead atoms. The fourth-order valence-corrected chi connectivity index (χ4v) is 4.02. The molecule has 1 amide bonds. The summed E-state index contributed by atoms with van der Waals surface area (Å²) in [7, 11) is 0. The summed E-state index contributed by atoms with van der Waals surface area (Å²) in [6.45, 7) is 4.49. The molecular weight excluding hydrogens is 351 g/mol. The zero-order valence-electron chi connectivity index (χ0n) is 14.4. The van der Waals surface area contributed by atoms with E-state index in [0.717, 1.165) is 12.1 Å². The Morgan fingerprint density at radius 2 is 1.85 bits per heavy atom. The largest absolute Gasteiger partial charge is 0.465 e. The standard InChI is InChI=1S/C17H22F3N3O3/c1-12-16(22-8-10-26-11-9-22,23(15(24)25)7-6-21-12)13-2-4-14(5-3-13)17(18,19)20/h2-5,12,21H,6-11H2,1H3,(H,24,25). The summed E-state index contributed by atoms with van der Waals surface area (Å²) < 4.78 is 44.2. The van der Waals surface area contributed by atoms with Gasteiger partial charge in [0.15, 0.2) is 0 Å². The first kappa shape index (κ1) is 18.9. The number of carbonyl (C=O) groups is 1. The Balaban J connectivity index is 2.12. The fraction of sp³-hybridized carbons (Fsp3) is 0.588. The molecule has 3 rings (SSSR count). The van der Waals surface area contributed by atoms with E-state index in [2.05, 4.69) is 5.32 Å². The maximum atomic E-state index is 12.9. The Morgan fingerprint density at radius 3 is 2.38 bits per heavy atom. The molecule has 0 aromatic heterocycles. The number of piperazine rings is 1. The highest BCUT2D eigenvalue weighted by molar-refractivity contribution is 5.67. The van der Waals surface area contributed by atoms with E-state index in [1.165, 1.54) is 17.0 Å². The number of rotatable bonds is 2. The molecule has 1 aromatic carbocycles. The van der Waals surface area contributed by atoms with Crippen molar-refractivity contribution in [3.8, 4) is 0 Å². The van der Waals surface area contributed by atoms with Crippen molar-refractivity contribution in [2.45, 2.75) is 24.8 Å². The molecule has 2 unspecified atom stereocenters. The number of morpholine rings is 1.